The topological polar surface area (TPSA) is 0 Å². The minimum Gasteiger partial charge on any atom is -0.0826 e. The van der Waals surface area contributed by atoms with Gasteiger partial charge in [-0.2, -0.15) is 0 Å². The molecule has 0 aromatic rings. The van der Waals surface area contributed by atoms with E-state index in [0.29, 0.717) is 0 Å². The molecule has 0 bridgehead atoms. The highest BCUT2D eigenvalue weighted by Gasteiger charge is 1.98. The summed E-state index contributed by atoms with van der Waals surface area (Å²) < 4.78 is 0.925. The summed E-state index contributed by atoms with van der Waals surface area (Å²) in [5.41, 5.74) is 0. The molecule has 0 aliphatic heterocycles. The SMILES string of the molecule is CCCCCCC(I)CC. The number of hydrogen-bond acceptors (Lipinski definition) is 0. The maximum atomic E-state index is 2.56. The molecule has 1 unspecified atom stereocenters. The van der Waals surface area contributed by atoms with Crippen molar-refractivity contribution >= 4 is 22.6 Å². The summed E-state index contributed by atoms with van der Waals surface area (Å²) >= 11 is 2.56. The minimum atomic E-state index is 0.925. The van der Waals surface area contributed by atoms with E-state index < -0.39 is 0 Å². The first kappa shape index (κ1) is 10.7. The Morgan fingerprint density at radius 3 is 2.30 bits per heavy atom. The summed E-state index contributed by atoms with van der Waals surface area (Å²) in [5, 5.41) is 0. The summed E-state index contributed by atoms with van der Waals surface area (Å²) in [4.78, 5) is 0. The Labute approximate surface area is 78.9 Å². The largest absolute Gasteiger partial charge is 0.0826 e. The van der Waals surface area contributed by atoms with Crippen molar-refractivity contribution in [2.24, 2.45) is 0 Å². The fourth-order valence-electron chi connectivity index (χ4n) is 0.997. The molecule has 0 aromatic carbocycles. The Hall–Kier alpha value is 0.730. The second-order valence-corrected chi connectivity index (χ2v) is 4.62. The molecular formula is C9H19I. The van der Waals surface area contributed by atoms with Crippen molar-refractivity contribution in [1.82, 2.24) is 0 Å². The molecule has 0 spiro atoms. The maximum Gasteiger partial charge on any atom is 0.0107 e. The lowest BCUT2D eigenvalue weighted by Gasteiger charge is -2.04. The van der Waals surface area contributed by atoms with E-state index in [0.717, 1.165) is 3.92 Å². The molecule has 0 N–H and O–H groups in total. The Morgan fingerprint density at radius 2 is 1.80 bits per heavy atom. The quantitative estimate of drug-likeness (QED) is 0.379. The lowest BCUT2D eigenvalue weighted by molar-refractivity contribution is 0.619. The second-order valence-electron chi connectivity index (χ2n) is 2.85. The normalized spacial score (nSPS) is 13.5. The van der Waals surface area contributed by atoms with Gasteiger partial charge >= 0.3 is 0 Å². The zero-order valence-corrected chi connectivity index (χ0v) is 9.36. The van der Waals surface area contributed by atoms with Gasteiger partial charge in [0.25, 0.3) is 0 Å². The van der Waals surface area contributed by atoms with E-state index in [4.69, 9.17) is 0 Å². The molecule has 0 aliphatic carbocycles. The Bertz CT molecular complexity index is 61.7. The van der Waals surface area contributed by atoms with Gasteiger partial charge in [0.15, 0.2) is 0 Å². The molecule has 1 heteroatoms. The van der Waals surface area contributed by atoms with Gasteiger partial charge in [-0.3, -0.25) is 0 Å². The van der Waals surface area contributed by atoms with E-state index in [1.807, 2.05) is 0 Å². The van der Waals surface area contributed by atoms with Gasteiger partial charge in [0.1, 0.15) is 0 Å². The molecule has 10 heavy (non-hydrogen) atoms. The van der Waals surface area contributed by atoms with Crippen molar-refractivity contribution in [3.05, 3.63) is 0 Å². The van der Waals surface area contributed by atoms with Crippen LogP contribution in [0.1, 0.15) is 52.4 Å². The van der Waals surface area contributed by atoms with Crippen LogP contribution in [0.4, 0.5) is 0 Å². The van der Waals surface area contributed by atoms with Crippen LogP contribution >= 0.6 is 22.6 Å². The van der Waals surface area contributed by atoms with Gasteiger partial charge in [0, 0.05) is 3.92 Å². The first-order valence-corrected chi connectivity index (χ1v) is 5.69. The third kappa shape index (κ3) is 6.84. The van der Waals surface area contributed by atoms with Gasteiger partial charge in [-0.15, -0.1) is 0 Å². The van der Waals surface area contributed by atoms with E-state index in [2.05, 4.69) is 36.4 Å². The lowest BCUT2D eigenvalue weighted by atomic mass is 10.1. The highest BCUT2D eigenvalue weighted by molar-refractivity contribution is 14.1. The summed E-state index contributed by atoms with van der Waals surface area (Å²) in [6.07, 6.45) is 8.43. The van der Waals surface area contributed by atoms with E-state index in [1.165, 1.54) is 38.5 Å². The molecule has 0 rings (SSSR count). The van der Waals surface area contributed by atoms with Crippen molar-refractivity contribution < 1.29 is 0 Å². The van der Waals surface area contributed by atoms with Crippen LogP contribution in [0, 0.1) is 0 Å². The van der Waals surface area contributed by atoms with Gasteiger partial charge in [0.05, 0.1) is 0 Å². The number of alkyl halides is 1. The van der Waals surface area contributed by atoms with Gasteiger partial charge in [-0.1, -0.05) is 62.1 Å². The summed E-state index contributed by atoms with van der Waals surface area (Å²) in [5.74, 6) is 0. The van der Waals surface area contributed by atoms with E-state index in [-0.39, 0.29) is 0 Å². The molecule has 0 saturated heterocycles. The van der Waals surface area contributed by atoms with Crippen LogP contribution in [0.25, 0.3) is 0 Å². The fraction of sp³-hybridized carbons (Fsp3) is 1.00. The van der Waals surface area contributed by atoms with Crippen LogP contribution in [0.3, 0.4) is 0 Å². The average molecular weight is 254 g/mol. The zero-order chi connectivity index (χ0) is 7.82. The smallest absolute Gasteiger partial charge is 0.0107 e. The zero-order valence-electron chi connectivity index (χ0n) is 7.20. The highest BCUT2D eigenvalue weighted by atomic mass is 127. The summed E-state index contributed by atoms with van der Waals surface area (Å²) in [7, 11) is 0. The van der Waals surface area contributed by atoms with Crippen LogP contribution in [0.15, 0.2) is 0 Å². The Morgan fingerprint density at radius 1 is 1.10 bits per heavy atom. The van der Waals surface area contributed by atoms with Gasteiger partial charge in [-0.25, -0.2) is 0 Å². The molecule has 0 amide bonds. The van der Waals surface area contributed by atoms with Gasteiger partial charge < -0.3 is 0 Å². The summed E-state index contributed by atoms with van der Waals surface area (Å²) in [6, 6.07) is 0. The molecule has 0 nitrogen and oxygen atoms in total. The van der Waals surface area contributed by atoms with Crippen LogP contribution in [-0.2, 0) is 0 Å². The van der Waals surface area contributed by atoms with Crippen LogP contribution in [-0.4, -0.2) is 3.92 Å². The van der Waals surface area contributed by atoms with E-state index in [9.17, 15) is 0 Å². The van der Waals surface area contributed by atoms with E-state index >= 15 is 0 Å². The average Bonchev–Trinajstić information content (AvgIpc) is 1.98. The predicted molar refractivity (Wildman–Crippen MR) is 56.9 cm³/mol. The van der Waals surface area contributed by atoms with Crippen molar-refractivity contribution in [2.45, 2.75) is 56.3 Å². The number of unbranched alkanes of at least 4 members (excludes halogenated alkanes) is 3. The Kier molecular flexibility index (Phi) is 8.40. The maximum absolute atomic E-state index is 2.56. The van der Waals surface area contributed by atoms with Crippen molar-refractivity contribution in [3.8, 4) is 0 Å². The monoisotopic (exact) mass is 254 g/mol. The third-order valence-corrected chi connectivity index (χ3v) is 3.32. The molecule has 0 heterocycles. The molecule has 0 aromatic heterocycles. The van der Waals surface area contributed by atoms with Crippen molar-refractivity contribution in [1.29, 1.82) is 0 Å². The van der Waals surface area contributed by atoms with Gasteiger partial charge in [0.2, 0.25) is 0 Å². The van der Waals surface area contributed by atoms with Crippen LogP contribution < -0.4 is 0 Å². The first-order valence-electron chi connectivity index (χ1n) is 4.45. The first-order chi connectivity index (χ1) is 4.81. The predicted octanol–water partition coefficient (Wildman–Crippen LogP) is 4.17. The third-order valence-electron chi connectivity index (χ3n) is 1.81. The number of halogens is 1. The van der Waals surface area contributed by atoms with Crippen LogP contribution in [0.2, 0.25) is 0 Å². The van der Waals surface area contributed by atoms with Crippen molar-refractivity contribution in [2.75, 3.05) is 0 Å². The molecule has 0 fully saturated rings. The van der Waals surface area contributed by atoms with Crippen molar-refractivity contribution in [3.63, 3.8) is 0 Å². The molecular weight excluding hydrogens is 235 g/mol. The Balaban J connectivity index is 2.89. The molecule has 1 atom stereocenters. The van der Waals surface area contributed by atoms with Crippen LogP contribution in [0.5, 0.6) is 0 Å². The minimum absolute atomic E-state index is 0.925. The second kappa shape index (κ2) is 7.83. The highest BCUT2D eigenvalue weighted by Crippen LogP contribution is 2.14. The lowest BCUT2D eigenvalue weighted by Crippen LogP contribution is -1.93. The van der Waals surface area contributed by atoms with Gasteiger partial charge in [-0.05, 0) is 12.8 Å². The molecule has 62 valence electrons. The molecule has 0 aliphatic rings. The summed E-state index contributed by atoms with van der Waals surface area (Å²) in [6.45, 7) is 4.54. The standard InChI is InChI=1S/C9H19I/c1-3-5-6-7-8-9(10)4-2/h9H,3-8H2,1-2H3. The fourth-order valence-corrected chi connectivity index (χ4v) is 1.44. The van der Waals surface area contributed by atoms with E-state index in [1.54, 1.807) is 0 Å². The molecule has 0 saturated carbocycles. The number of rotatable bonds is 6. The number of hydrogen-bond donors (Lipinski definition) is 0. The molecule has 0 radical (unpaired) electrons.